The lowest BCUT2D eigenvalue weighted by Crippen LogP contribution is -2.12. The second-order valence-corrected chi connectivity index (χ2v) is 1.97. The summed E-state index contributed by atoms with van der Waals surface area (Å²) < 4.78 is 0. The summed E-state index contributed by atoms with van der Waals surface area (Å²) in [5.41, 5.74) is 0.432. The molecule has 49 valence electrons. The van der Waals surface area contributed by atoms with Crippen molar-refractivity contribution < 1.29 is 9.90 Å². The molecule has 0 amide bonds. The molecule has 3 heteroatoms. The van der Waals surface area contributed by atoms with Crippen molar-refractivity contribution in [1.82, 2.24) is 5.32 Å². The number of carboxylic acid groups (broad SMARTS) is 1. The van der Waals surface area contributed by atoms with Crippen LogP contribution < -0.4 is 5.32 Å². The van der Waals surface area contributed by atoms with E-state index in [0.29, 0.717) is 12.0 Å². The predicted octanol–water partition coefficient (Wildman–Crippen LogP) is 0.353. The van der Waals surface area contributed by atoms with Gasteiger partial charge in [-0.3, -0.25) is 5.32 Å². The topological polar surface area (TPSA) is 51.4 Å². The molecule has 1 heterocycles. The van der Waals surface area contributed by atoms with Crippen LogP contribution in [-0.4, -0.2) is 17.6 Å². The number of nitrogens with zero attached hydrogens (tertiary/aromatic N) is 1. The average molecular weight is 126 g/mol. The number of hydrogen-bond donors (Lipinski definition) is 1. The third-order valence-corrected chi connectivity index (χ3v) is 1.26. The van der Waals surface area contributed by atoms with Crippen molar-refractivity contribution in [3.8, 4) is 0 Å². The van der Waals surface area contributed by atoms with Gasteiger partial charge in [-0.2, -0.15) is 0 Å². The van der Waals surface area contributed by atoms with Crippen LogP contribution in [0.1, 0.15) is 12.8 Å². The number of rotatable bonds is 1. The Morgan fingerprint density at radius 3 is 2.89 bits per heavy atom. The Kier molecular flexibility index (Phi) is 1.72. The summed E-state index contributed by atoms with van der Waals surface area (Å²) in [5.74, 6) is -0.835. The van der Waals surface area contributed by atoms with Crippen LogP contribution in [0.5, 0.6) is 0 Å². The van der Waals surface area contributed by atoms with Crippen molar-refractivity contribution in [2.75, 3.05) is 6.54 Å². The van der Waals surface area contributed by atoms with Gasteiger partial charge in [0.2, 0.25) is 0 Å². The van der Waals surface area contributed by atoms with Gasteiger partial charge in [0.05, 0.1) is 5.57 Å². The maximum Gasteiger partial charge on any atom is 0.333 e. The van der Waals surface area contributed by atoms with E-state index in [9.17, 15) is 4.79 Å². The van der Waals surface area contributed by atoms with Crippen molar-refractivity contribution >= 4 is 5.97 Å². The molecule has 0 unspecified atom stereocenters. The first kappa shape index (κ1) is 6.13. The van der Waals surface area contributed by atoms with Gasteiger partial charge in [-0.05, 0) is 12.8 Å². The molecule has 0 aromatic rings. The van der Waals surface area contributed by atoms with E-state index in [1.165, 1.54) is 6.20 Å². The molecule has 0 saturated carbocycles. The fraction of sp³-hybridized carbons (Fsp3) is 0.500. The molecule has 9 heavy (non-hydrogen) atoms. The first-order valence-corrected chi connectivity index (χ1v) is 2.89. The minimum atomic E-state index is -0.835. The van der Waals surface area contributed by atoms with Crippen LogP contribution in [-0.2, 0) is 4.79 Å². The molecule has 0 aromatic heterocycles. The molecule has 0 saturated heterocycles. The van der Waals surface area contributed by atoms with Gasteiger partial charge in [0.15, 0.2) is 0 Å². The third-order valence-electron chi connectivity index (χ3n) is 1.26. The zero-order valence-corrected chi connectivity index (χ0v) is 5.00. The molecule has 0 atom stereocenters. The van der Waals surface area contributed by atoms with Crippen LogP contribution in [0.15, 0.2) is 11.8 Å². The van der Waals surface area contributed by atoms with Crippen molar-refractivity contribution in [3.05, 3.63) is 11.8 Å². The lowest BCUT2D eigenvalue weighted by molar-refractivity contribution is -0.132. The number of aliphatic carboxylic acids is 1. The first-order valence-electron chi connectivity index (χ1n) is 2.89. The van der Waals surface area contributed by atoms with Crippen molar-refractivity contribution in [3.63, 3.8) is 0 Å². The van der Waals surface area contributed by atoms with E-state index >= 15 is 0 Å². The van der Waals surface area contributed by atoms with E-state index in [-0.39, 0.29) is 0 Å². The minimum Gasteiger partial charge on any atom is -0.478 e. The number of hydrogen-bond acceptors (Lipinski definition) is 1. The van der Waals surface area contributed by atoms with Gasteiger partial charge in [-0.15, -0.1) is 0 Å². The lowest BCUT2D eigenvalue weighted by Gasteiger charge is -2.06. The van der Waals surface area contributed by atoms with Gasteiger partial charge in [-0.25, -0.2) is 4.79 Å². The Morgan fingerprint density at radius 1 is 1.78 bits per heavy atom. The summed E-state index contributed by atoms with van der Waals surface area (Å²) in [6.45, 7) is 0.775. The minimum absolute atomic E-state index is 0.432. The molecular weight excluding hydrogens is 118 g/mol. The van der Waals surface area contributed by atoms with E-state index in [1.807, 2.05) is 0 Å². The molecular formula is C6H8NO2. The summed E-state index contributed by atoms with van der Waals surface area (Å²) in [5, 5.41) is 12.2. The molecule has 1 N–H and O–H groups in total. The van der Waals surface area contributed by atoms with E-state index in [1.54, 1.807) is 0 Å². The molecule has 1 rings (SSSR count). The van der Waals surface area contributed by atoms with Crippen LogP contribution in [0, 0.1) is 0 Å². The van der Waals surface area contributed by atoms with Gasteiger partial charge in [-0.1, -0.05) is 0 Å². The Balaban J connectivity index is 2.57. The van der Waals surface area contributed by atoms with E-state index in [0.717, 1.165) is 13.0 Å². The zero-order valence-electron chi connectivity index (χ0n) is 5.00. The van der Waals surface area contributed by atoms with Crippen LogP contribution in [0.2, 0.25) is 0 Å². The largest absolute Gasteiger partial charge is 0.478 e. The third kappa shape index (κ3) is 1.45. The van der Waals surface area contributed by atoms with E-state index in [2.05, 4.69) is 5.32 Å². The van der Waals surface area contributed by atoms with Gasteiger partial charge >= 0.3 is 5.97 Å². The Labute approximate surface area is 53.4 Å². The van der Waals surface area contributed by atoms with Gasteiger partial charge < -0.3 is 5.11 Å². The number of carbonyl (C=O) groups is 1. The summed E-state index contributed by atoms with van der Waals surface area (Å²) in [6.07, 6.45) is 2.99. The predicted molar refractivity (Wildman–Crippen MR) is 32.0 cm³/mol. The standard InChI is InChI=1S/C6H8NO2/c8-6(9)5-2-1-3-7-4-5/h4H,1-3H2,(H,8,9). The maximum atomic E-state index is 10.2. The SMILES string of the molecule is O=C(O)C1=C[N]CCC1. The van der Waals surface area contributed by atoms with Crippen LogP contribution in [0.3, 0.4) is 0 Å². The molecule has 0 aromatic carbocycles. The van der Waals surface area contributed by atoms with Gasteiger partial charge in [0.25, 0.3) is 0 Å². The lowest BCUT2D eigenvalue weighted by atomic mass is 10.1. The molecule has 0 bridgehead atoms. The molecule has 0 spiro atoms. The summed E-state index contributed by atoms with van der Waals surface area (Å²) in [6, 6.07) is 0. The van der Waals surface area contributed by atoms with Crippen LogP contribution >= 0.6 is 0 Å². The van der Waals surface area contributed by atoms with Crippen molar-refractivity contribution in [1.29, 1.82) is 0 Å². The quantitative estimate of drug-likeness (QED) is 0.551. The second kappa shape index (κ2) is 2.53. The van der Waals surface area contributed by atoms with E-state index in [4.69, 9.17) is 5.11 Å². The van der Waals surface area contributed by atoms with Gasteiger partial charge in [0, 0.05) is 12.7 Å². The highest BCUT2D eigenvalue weighted by atomic mass is 16.4. The second-order valence-electron chi connectivity index (χ2n) is 1.97. The highest BCUT2D eigenvalue weighted by Gasteiger charge is 2.09. The highest BCUT2D eigenvalue weighted by molar-refractivity contribution is 5.86. The first-order chi connectivity index (χ1) is 4.30. The fourth-order valence-corrected chi connectivity index (χ4v) is 0.762. The molecule has 1 radical (unpaired) electrons. The summed E-state index contributed by atoms with van der Waals surface area (Å²) >= 11 is 0. The average Bonchev–Trinajstić information content (AvgIpc) is 1.90. The number of carboxylic acids is 1. The van der Waals surface area contributed by atoms with Crippen LogP contribution in [0.25, 0.3) is 0 Å². The van der Waals surface area contributed by atoms with Gasteiger partial charge in [0.1, 0.15) is 0 Å². The molecule has 1 aliphatic heterocycles. The van der Waals surface area contributed by atoms with Crippen LogP contribution in [0.4, 0.5) is 0 Å². The van der Waals surface area contributed by atoms with E-state index < -0.39 is 5.97 Å². The highest BCUT2D eigenvalue weighted by Crippen LogP contribution is 2.07. The van der Waals surface area contributed by atoms with Crippen molar-refractivity contribution in [2.45, 2.75) is 12.8 Å². The Morgan fingerprint density at radius 2 is 2.56 bits per heavy atom. The Bertz CT molecular complexity index is 151. The fourth-order valence-electron chi connectivity index (χ4n) is 0.762. The zero-order chi connectivity index (χ0) is 6.69. The van der Waals surface area contributed by atoms with Crippen molar-refractivity contribution in [2.24, 2.45) is 0 Å². The normalized spacial score (nSPS) is 18.0. The monoisotopic (exact) mass is 126 g/mol. The molecule has 0 aliphatic carbocycles. The molecule has 3 nitrogen and oxygen atoms in total. The molecule has 0 fully saturated rings. The molecule has 1 aliphatic rings. The summed E-state index contributed by atoms with van der Waals surface area (Å²) in [4.78, 5) is 10.2. The Hall–Kier alpha value is -0.990. The smallest absolute Gasteiger partial charge is 0.333 e. The summed E-state index contributed by atoms with van der Waals surface area (Å²) in [7, 11) is 0. The maximum absolute atomic E-state index is 10.2.